The summed E-state index contributed by atoms with van der Waals surface area (Å²) in [5.41, 5.74) is 6.56. The standard InChI is InChI=1S/C14H11ClF2N2O2/c15-12-10(2-1-3-11(12)18)13(20)19-8-4-6-9(7-5-8)21-14(16)17/h1-7,14H,18H2,(H,19,20). The van der Waals surface area contributed by atoms with Crippen LogP contribution >= 0.6 is 11.6 Å². The number of nitrogen functional groups attached to an aromatic ring is 1. The number of anilines is 2. The molecular formula is C14H11ClF2N2O2. The lowest BCUT2D eigenvalue weighted by molar-refractivity contribution is -0.0498. The Bertz CT molecular complexity index is 648. The fraction of sp³-hybridized carbons (Fsp3) is 0.0714. The van der Waals surface area contributed by atoms with Crippen molar-refractivity contribution in [3.05, 3.63) is 53.1 Å². The number of nitrogens with two attached hydrogens (primary N) is 1. The third-order valence-corrected chi connectivity index (χ3v) is 3.03. The number of rotatable bonds is 4. The summed E-state index contributed by atoms with van der Waals surface area (Å²) in [7, 11) is 0. The normalized spacial score (nSPS) is 10.5. The minimum atomic E-state index is -2.89. The van der Waals surface area contributed by atoms with Gasteiger partial charge in [-0.25, -0.2) is 0 Å². The first-order valence-electron chi connectivity index (χ1n) is 5.87. The van der Waals surface area contributed by atoms with E-state index >= 15 is 0 Å². The highest BCUT2D eigenvalue weighted by atomic mass is 35.5. The molecule has 7 heteroatoms. The zero-order chi connectivity index (χ0) is 15.4. The summed E-state index contributed by atoms with van der Waals surface area (Å²) in [6.07, 6.45) is 0. The van der Waals surface area contributed by atoms with E-state index in [0.29, 0.717) is 11.4 Å². The molecule has 4 nitrogen and oxygen atoms in total. The molecule has 0 aromatic heterocycles. The molecule has 0 heterocycles. The highest BCUT2D eigenvalue weighted by Crippen LogP contribution is 2.24. The average Bonchev–Trinajstić information content (AvgIpc) is 2.43. The fourth-order valence-electron chi connectivity index (χ4n) is 1.64. The molecule has 0 aliphatic heterocycles. The summed E-state index contributed by atoms with van der Waals surface area (Å²) in [4.78, 5) is 12.0. The van der Waals surface area contributed by atoms with Gasteiger partial charge in [0.2, 0.25) is 0 Å². The van der Waals surface area contributed by atoms with Crippen LogP contribution in [0, 0.1) is 0 Å². The van der Waals surface area contributed by atoms with Crippen LogP contribution in [-0.4, -0.2) is 12.5 Å². The Hall–Kier alpha value is -2.34. The van der Waals surface area contributed by atoms with E-state index in [2.05, 4.69) is 10.1 Å². The van der Waals surface area contributed by atoms with Gasteiger partial charge in [-0.1, -0.05) is 17.7 Å². The van der Waals surface area contributed by atoms with E-state index in [4.69, 9.17) is 17.3 Å². The molecular weight excluding hydrogens is 302 g/mol. The fourth-order valence-corrected chi connectivity index (χ4v) is 1.86. The Kier molecular flexibility index (Phi) is 4.59. The van der Waals surface area contributed by atoms with Gasteiger partial charge in [0.15, 0.2) is 0 Å². The number of ether oxygens (including phenoxy) is 1. The monoisotopic (exact) mass is 312 g/mol. The molecule has 1 amide bonds. The van der Waals surface area contributed by atoms with Crippen molar-refractivity contribution in [3.63, 3.8) is 0 Å². The maximum Gasteiger partial charge on any atom is 0.387 e. The molecule has 0 bridgehead atoms. The van der Waals surface area contributed by atoms with Crippen LogP contribution < -0.4 is 15.8 Å². The van der Waals surface area contributed by atoms with Crippen LogP contribution in [0.5, 0.6) is 5.75 Å². The second-order valence-electron chi connectivity index (χ2n) is 4.07. The highest BCUT2D eigenvalue weighted by Gasteiger charge is 2.12. The molecule has 0 fully saturated rings. The van der Waals surface area contributed by atoms with Crippen molar-refractivity contribution in [2.24, 2.45) is 0 Å². The van der Waals surface area contributed by atoms with Crippen LogP contribution in [0.4, 0.5) is 20.2 Å². The number of carbonyl (C=O) groups excluding carboxylic acids is 1. The highest BCUT2D eigenvalue weighted by molar-refractivity contribution is 6.36. The van der Waals surface area contributed by atoms with E-state index in [-0.39, 0.29) is 16.3 Å². The molecule has 110 valence electrons. The summed E-state index contributed by atoms with van der Waals surface area (Å²) >= 11 is 5.95. The third-order valence-electron chi connectivity index (χ3n) is 2.61. The second-order valence-corrected chi connectivity index (χ2v) is 4.44. The quantitative estimate of drug-likeness (QED) is 0.845. The lowest BCUT2D eigenvalue weighted by Gasteiger charge is -2.09. The van der Waals surface area contributed by atoms with Crippen molar-refractivity contribution in [2.45, 2.75) is 6.61 Å². The first-order valence-corrected chi connectivity index (χ1v) is 6.25. The van der Waals surface area contributed by atoms with Gasteiger partial charge in [-0.3, -0.25) is 4.79 Å². The first kappa shape index (κ1) is 15.1. The van der Waals surface area contributed by atoms with Gasteiger partial charge in [0.25, 0.3) is 5.91 Å². The zero-order valence-corrected chi connectivity index (χ0v) is 11.4. The first-order chi connectivity index (χ1) is 9.97. The van der Waals surface area contributed by atoms with E-state index < -0.39 is 12.5 Å². The van der Waals surface area contributed by atoms with Crippen molar-refractivity contribution in [1.29, 1.82) is 0 Å². The topological polar surface area (TPSA) is 64.4 Å². The number of carbonyl (C=O) groups is 1. The van der Waals surface area contributed by atoms with Gasteiger partial charge in [-0.05, 0) is 36.4 Å². The summed E-state index contributed by atoms with van der Waals surface area (Å²) in [6, 6.07) is 10.2. The van der Waals surface area contributed by atoms with Crippen LogP contribution in [0.25, 0.3) is 0 Å². The van der Waals surface area contributed by atoms with Crippen LogP contribution in [-0.2, 0) is 0 Å². The number of nitrogens with one attached hydrogen (secondary N) is 1. The average molecular weight is 313 g/mol. The lowest BCUT2D eigenvalue weighted by atomic mass is 10.2. The Morgan fingerprint density at radius 3 is 2.48 bits per heavy atom. The van der Waals surface area contributed by atoms with Gasteiger partial charge < -0.3 is 15.8 Å². The van der Waals surface area contributed by atoms with Gasteiger partial charge >= 0.3 is 6.61 Å². The maximum absolute atomic E-state index is 12.0. The molecule has 0 unspecified atom stereocenters. The summed E-state index contributed by atoms with van der Waals surface area (Å²) in [5, 5.41) is 2.74. The van der Waals surface area contributed by atoms with Gasteiger partial charge in [-0.15, -0.1) is 0 Å². The molecule has 3 N–H and O–H groups in total. The summed E-state index contributed by atoms with van der Waals surface area (Å²) in [5.74, 6) is -0.445. The molecule has 2 aromatic rings. The minimum absolute atomic E-state index is 0.00462. The predicted octanol–water partition coefficient (Wildman–Crippen LogP) is 3.78. The third kappa shape index (κ3) is 3.82. The summed E-state index contributed by atoms with van der Waals surface area (Å²) < 4.78 is 28.2. The van der Waals surface area contributed by atoms with Crippen LogP contribution in [0.3, 0.4) is 0 Å². The van der Waals surface area contributed by atoms with E-state index in [0.717, 1.165) is 0 Å². The minimum Gasteiger partial charge on any atom is -0.435 e. The van der Waals surface area contributed by atoms with Gasteiger partial charge in [-0.2, -0.15) is 8.78 Å². The van der Waals surface area contributed by atoms with Crippen LogP contribution in [0.1, 0.15) is 10.4 Å². The largest absolute Gasteiger partial charge is 0.435 e. The molecule has 0 atom stereocenters. The van der Waals surface area contributed by atoms with Gasteiger partial charge in [0, 0.05) is 5.69 Å². The Morgan fingerprint density at radius 1 is 1.19 bits per heavy atom. The second kappa shape index (κ2) is 6.41. The number of alkyl halides is 2. The number of amides is 1. The SMILES string of the molecule is Nc1cccc(C(=O)Nc2ccc(OC(F)F)cc2)c1Cl. The molecule has 0 saturated carbocycles. The van der Waals surface area contributed by atoms with Crippen molar-refractivity contribution >= 4 is 28.9 Å². The van der Waals surface area contributed by atoms with Crippen molar-refractivity contribution in [1.82, 2.24) is 0 Å². The molecule has 0 saturated heterocycles. The summed E-state index contributed by atoms with van der Waals surface area (Å²) in [6.45, 7) is -2.89. The number of hydrogen-bond acceptors (Lipinski definition) is 3. The molecule has 21 heavy (non-hydrogen) atoms. The number of benzene rings is 2. The Morgan fingerprint density at radius 2 is 1.86 bits per heavy atom. The van der Waals surface area contributed by atoms with Gasteiger partial charge in [0.05, 0.1) is 16.3 Å². The van der Waals surface area contributed by atoms with Gasteiger partial charge in [0.1, 0.15) is 5.75 Å². The van der Waals surface area contributed by atoms with Crippen molar-refractivity contribution in [2.75, 3.05) is 11.1 Å². The maximum atomic E-state index is 12.0. The van der Waals surface area contributed by atoms with Crippen molar-refractivity contribution < 1.29 is 18.3 Å². The predicted molar refractivity (Wildman–Crippen MR) is 76.9 cm³/mol. The van der Waals surface area contributed by atoms with Crippen LogP contribution in [0.15, 0.2) is 42.5 Å². The molecule has 2 aromatic carbocycles. The molecule has 0 spiro atoms. The zero-order valence-electron chi connectivity index (χ0n) is 10.6. The smallest absolute Gasteiger partial charge is 0.387 e. The number of hydrogen-bond donors (Lipinski definition) is 2. The van der Waals surface area contributed by atoms with Crippen LogP contribution in [0.2, 0.25) is 5.02 Å². The Balaban J connectivity index is 2.11. The molecule has 0 radical (unpaired) electrons. The molecule has 0 aliphatic carbocycles. The number of halogens is 3. The van der Waals surface area contributed by atoms with E-state index in [1.807, 2.05) is 0 Å². The van der Waals surface area contributed by atoms with E-state index in [1.165, 1.54) is 30.3 Å². The molecule has 0 aliphatic rings. The van der Waals surface area contributed by atoms with E-state index in [1.54, 1.807) is 12.1 Å². The van der Waals surface area contributed by atoms with Crippen molar-refractivity contribution in [3.8, 4) is 5.75 Å². The molecule has 2 rings (SSSR count). The Labute approximate surface area is 124 Å². The lowest BCUT2D eigenvalue weighted by Crippen LogP contribution is -2.13. The van der Waals surface area contributed by atoms with E-state index in [9.17, 15) is 13.6 Å².